The van der Waals surface area contributed by atoms with Crippen molar-refractivity contribution in [2.45, 2.75) is 46.6 Å². The predicted molar refractivity (Wildman–Crippen MR) is 126 cm³/mol. The fourth-order valence-electron chi connectivity index (χ4n) is 2.88. The molecule has 168 valence electrons. The largest absolute Gasteiger partial charge is 0.490 e. The average molecular weight is 436 g/mol. The molecule has 0 fully saturated rings. The number of ether oxygens (including phenoxy) is 2. The second kappa shape index (κ2) is 10.1. The van der Waals surface area contributed by atoms with Gasteiger partial charge >= 0.3 is 0 Å². The summed E-state index contributed by atoms with van der Waals surface area (Å²) in [5.41, 5.74) is 5.48. The van der Waals surface area contributed by atoms with Crippen LogP contribution in [-0.4, -0.2) is 28.0 Å². The third kappa shape index (κ3) is 6.16. The van der Waals surface area contributed by atoms with Crippen molar-refractivity contribution in [3.8, 4) is 11.5 Å². The summed E-state index contributed by atoms with van der Waals surface area (Å²) in [4.78, 5) is 14.8. The Morgan fingerprint density at radius 2 is 1.81 bits per heavy atom. The van der Waals surface area contributed by atoms with Gasteiger partial charge in [0.1, 0.15) is 12.3 Å². The maximum absolute atomic E-state index is 12.2. The second-order valence-corrected chi connectivity index (χ2v) is 8.38. The molecule has 2 aromatic carbocycles. The van der Waals surface area contributed by atoms with E-state index in [1.165, 1.54) is 5.56 Å². The van der Waals surface area contributed by atoms with Gasteiger partial charge in [-0.3, -0.25) is 9.78 Å². The first-order chi connectivity index (χ1) is 15.3. The summed E-state index contributed by atoms with van der Waals surface area (Å²) in [6.07, 6.45) is 1.60. The molecule has 0 saturated carbocycles. The zero-order chi connectivity index (χ0) is 23.1. The van der Waals surface area contributed by atoms with Crippen molar-refractivity contribution in [3.05, 3.63) is 75.2 Å². The quantitative estimate of drug-likeness (QED) is 0.406. The van der Waals surface area contributed by atoms with Crippen LogP contribution in [0.3, 0.4) is 0 Å². The molecule has 0 aliphatic rings. The molecule has 0 atom stereocenters. The molecule has 1 aromatic heterocycles. The van der Waals surface area contributed by atoms with E-state index in [0.717, 1.165) is 11.1 Å². The lowest BCUT2D eigenvalue weighted by molar-refractivity contribution is 0.269. The molecule has 0 radical (unpaired) electrons. The monoisotopic (exact) mass is 435 g/mol. The third-order valence-electron chi connectivity index (χ3n) is 4.57. The average Bonchev–Trinajstić information content (AvgIpc) is 2.74. The Hall–Kier alpha value is -3.68. The Morgan fingerprint density at radius 1 is 1.06 bits per heavy atom. The van der Waals surface area contributed by atoms with Crippen LogP contribution in [0.1, 0.15) is 50.1 Å². The van der Waals surface area contributed by atoms with Crippen LogP contribution in [0, 0.1) is 6.92 Å². The van der Waals surface area contributed by atoms with Gasteiger partial charge in [-0.25, -0.2) is 5.43 Å². The lowest BCUT2D eigenvalue weighted by atomic mass is 9.93. The van der Waals surface area contributed by atoms with Crippen LogP contribution in [0.5, 0.6) is 11.5 Å². The molecule has 8 heteroatoms. The smallest absolute Gasteiger partial charge is 0.274 e. The van der Waals surface area contributed by atoms with Gasteiger partial charge in [0.15, 0.2) is 11.5 Å². The van der Waals surface area contributed by atoms with Crippen LogP contribution in [-0.2, 0) is 12.0 Å². The SMILES string of the molecule is CCOc1cc(/C=N/Nc2nnc(C(C)(C)C)c(=O)[nH]2)ccc1OCc1ccc(C)cc1. The minimum atomic E-state index is -0.388. The predicted octanol–water partition coefficient (Wildman–Crippen LogP) is 4.19. The zero-order valence-corrected chi connectivity index (χ0v) is 19.1. The molecule has 1 heterocycles. The number of hydrogen-bond acceptors (Lipinski definition) is 7. The van der Waals surface area contributed by atoms with Crippen LogP contribution in [0.25, 0.3) is 0 Å². The van der Waals surface area contributed by atoms with Crippen molar-refractivity contribution in [1.29, 1.82) is 0 Å². The number of nitrogens with zero attached hydrogens (tertiary/aromatic N) is 3. The lowest BCUT2D eigenvalue weighted by Crippen LogP contribution is -2.28. The second-order valence-electron chi connectivity index (χ2n) is 8.38. The molecule has 3 rings (SSSR count). The van der Waals surface area contributed by atoms with Crippen LogP contribution in [0.2, 0.25) is 0 Å². The number of nitrogens with one attached hydrogen (secondary N) is 2. The minimum absolute atomic E-state index is 0.169. The molecule has 0 saturated heterocycles. The normalized spacial score (nSPS) is 11.5. The van der Waals surface area contributed by atoms with Gasteiger partial charge in [0, 0.05) is 5.41 Å². The van der Waals surface area contributed by atoms with Crippen molar-refractivity contribution < 1.29 is 9.47 Å². The fraction of sp³-hybridized carbons (Fsp3) is 0.333. The van der Waals surface area contributed by atoms with Gasteiger partial charge in [0.25, 0.3) is 5.56 Å². The highest BCUT2D eigenvalue weighted by Crippen LogP contribution is 2.29. The van der Waals surface area contributed by atoms with Gasteiger partial charge in [-0.05, 0) is 43.2 Å². The Labute approximate surface area is 187 Å². The number of hydrazone groups is 1. The lowest BCUT2D eigenvalue weighted by Gasteiger charge is -2.15. The van der Waals surface area contributed by atoms with E-state index in [1.807, 2.05) is 58.0 Å². The topological polar surface area (TPSA) is 101 Å². The van der Waals surface area contributed by atoms with Gasteiger partial charge in [-0.2, -0.15) is 5.10 Å². The Balaban J connectivity index is 1.68. The molecule has 8 nitrogen and oxygen atoms in total. The van der Waals surface area contributed by atoms with E-state index in [0.29, 0.717) is 30.4 Å². The molecule has 0 bridgehead atoms. The number of H-pyrrole nitrogens is 1. The Morgan fingerprint density at radius 3 is 2.47 bits per heavy atom. The van der Waals surface area contributed by atoms with E-state index >= 15 is 0 Å². The van der Waals surface area contributed by atoms with Gasteiger partial charge in [-0.1, -0.05) is 50.6 Å². The fourth-order valence-corrected chi connectivity index (χ4v) is 2.88. The molecule has 0 spiro atoms. The van der Waals surface area contributed by atoms with Crippen LogP contribution < -0.4 is 20.5 Å². The number of benzene rings is 2. The minimum Gasteiger partial charge on any atom is -0.490 e. The van der Waals surface area contributed by atoms with Gasteiger partial charge in [-0.15, -0.1) is 10.2 Å². The standard InChI is InChI=1S/C24H29N5O3/c1-6-31-20-13-18(11-12-19(20)32-15-17-9-7-16(2)8-10-17)14-25-28-23-26-22(30)21(27-29-23)24(3,4)5/h7-14H,6,15H2,1-5H3,(H2,26,28,29,30)/b25-14+. The van der Waals surface area contributed by atoms with Crippen molar-refractivity contribution in [2.75, 3.05) is 12.0 Å². The summed E-state index contributed by atoms with van der Waals surface area (Å²) < 4.78 is 11.7. The number of rotatable bonds is 8. The highest BCUT2D eigenvalue weighted by atomic mass is 16.5. The third-order valence-corrected chi connectivity index (χ3v) is 4.57. The van der Waals surface area contributed by atoms with E-state index in [9.17, 15) is 4.79 Å². The number of anilines is 1. The summed E-state index contributed by atoms with van der Waals surface area (Å²) in [7, 11) is 0. The van der Waals surface area contributed by atoms with E-state index in [1.54, 1.807) is 6.21 Å². The number of hydrogen-bond donors (Lipinski definition) is 2. The molecular formula is C24H29N5O3. The Kier molecular flexibility index (Phi) is 7.25. The van der Waals surface area contributed by atoms with E-state index in [2.05, 4.69) is 44.8 Å². The zero-order valence-electron chi connectivity index (χ0n) is 19.1. The van der Waals surface area contributed by atoms with E-state index in [4.69, 9.17) is 9.47 Å². The summed E-state index contributed by atoms with van der Waals surface area (Å²) in [6.45, 7) is 10.6. The summed E-state index contributed by atoms with van der Waals surface area (Å²) >= 11 is 0. The molecule has 0 aliphatic carbocycles. The summed E-state index contributed by atoms with van der Waals surface area (Å²) in [6, 6.07) is 13.8. The number of aromatic amines is 1. The first-order valence-corrected chi connectivity index (χ1v) is 10.5. The van der Waals surface area contributed by atoms with Crippen molar-refractivity contribution in [2.24, 2.45) is 5.10 Å². The molecular weight excluding hydrogens is 406 g/mol. The van der Waals surface area contributed by atoms with E-state index in [-0.39, 0.29) is 16.9 Å². The Bertz CT molecular complexity index is 1130. The van der Waals surface area contributed by atoms with E-state index < -0.39 is 0 Å². The highest BCUT2D eigenvalue weighted by molar-refractivity contribution is 5.81. The van der Waals surface area contributed by atoms with Gasteiger partial charge in [0.05, 0.1) is 12.8 Å². The van der Waals surface area contributed by atoms with Crippen LogP contribution >= 0.6 is 0 Å². The van der Waals surface area contributed by atoms with Crippen molar-refractivity contribution in [3.63, 3.8) is 0 Å². The van der Waals surface area contributed by atoms with Crippen LogP contribution in [0.15, 0.2) is 52.4 Å². The molecule has 32 heavy (non-hydrogen) atoms. The summed E-state index contributed by atoms with van der Waals surface area (Å²) in [5.74, 6) is 1.46. The molecule has 0 unspecified atom stereocenters. The first-order valence-electron chi connectivity index (χ1n) is 10.5. The maximum Gasteiger partial charge on any atom is 0.274 e. The van der Waals surface area contributed by atoms with Crippen molar-refractivity contribution >= 4 is 12.2 Å². The molecule has 0 amide bonds. The van der Waals surface area contributed by atoms with Gasteiger partial charge in [0.2, 0.25) is 5.95 Å². The van der Waals surface area contributed by atoms with Crippen molar-refractivity contribution in [1.82, 2.24) is 15.2 Å². The first kappa shape index (κ1) is 23.0. The molecule has 0 aliphatic heterocycles. The van der Waals surface area contributed by atoms with Gasteiger partial charge < -0.3 is 9.47 Å². The maximum atomic E-state index is 12.2. The number of aryl methyl sites for hydroxylation is 1. The number of aromatic nitrogens is 3. The highest BCUT2D eigenvalue weighted by Gasteiger charge is 2.20. The van der Waals surface area contributed by atoms with Crippen LogP contribution in [0.4, 0.5) is 5.95 Å². The molecule has 2 N–H and O–H groups in total. The summed E-state index contributed by atoms with van der Waals surface area (Å²) in [5, 5.41) is 12.1. The molecule has 3 aromatic rings.